The van der Waals surface area contributed by atoms with Crippen LogP contribution in [-0.4, -0.2) is 32.2 Å². The van der Waals surface area contributed by atoms with Gasteiger partial charge in [0, 0.05) is 23.2 Å². The van der Waals surface area contributed by atoms with Crippen molar-refractivity contribution in [2.75, 3.05) is 12.9 Å². The number of methoxy groups -OCH3 is 1. The Balaban J connectivity index is 2.08. The number of esters is 1. The number of hydrogen-bond acceptors (Lipinski definition) is 6. The second-order valence-electron chi connectivity index (χ2n) is 6.13. The molecule has 0 spiro atoms. The van der Waals surface area contributed by atoms with Crippen LogP contribution < -0.4 is 4.74 Å². The summed E-state index contributed by atoms with van der Waals surface area (Å²) in [5, 5.41) is 0.593. The van der Waals surface area contributed by atoms with E-state index in [1.807, 2.05) is 0 Å². The monoisotopic (exact) mass is 421 g/mol. The number of carbonyl (C=O) groups excluding carboxylic acids is 1. The molecule has 1 heterocycles. The van der Waals surface area contributed by atoms with Crippen LogP contribution in [0.3, 0.4) is 0 Å². The molecular formula is C20H17F2NO5S. The Kier molecular flexibility index (Phi) is 5.78. The van der Waals surface area contributed by atoms with Crippen molar-refractivity contribution in [1.82, 2.24) is 4.98 Å². The molecule has 9 heteroatoms. The van der Waals surface area contributed by atoms with Gasteiger partial charge in [-0.15, -0.1) is 0 Å². The van der Waals surface area contributed by atoms with Crippen LogP contribution in [0.5, 0.6) is 11.6 Å². The lowest BCUT2D eigenvalue weighted by Crippen LogP contribution is -2.07. The number of carbonyl (C=O) groups is 1. The molecule has 2 aromatic carbocycles. The summed E-state index contributed by atoms with van der Waals surface area (Å²) in [5.74, 6) is -2.61. The van der Waals surface area contributed by atoms with Crippen molar-refractivity contribution in [3.63, 3.8) is 0 Å². The molecule has 0 saturated carbocycles. The zero-order chi connectivity index (χ0) is 21.2. The molecule has 3 rings (SSSR count). The number of fused-ring (bicyclic) bond motifs is 1. The van der Waals surface area contributed by atoms with E-state index in [2.05, 4.69) is 9.72 Å². The normalized spacial score (nSPS) is 11.4. The smallest absolute Gasteiger partial charge is 0.310 e. The maximum absolute atomic E-state index is 15.1. The van der Waals surface area contributed by atoms with Crippen LogP contribution in [0.25, 0.3) is 10.8 Å². The predicted octanol–water partition coefficient (Wildman–Crippen LogP) is 3.81. The van der Waals surface area contributed by atoms with Gasteiger partial charge in [0.05, 0.1) is 24.2 Å². The van der Waals surface area contributed by atoms with Gasteiger partial charge in [0.1, 0.15) is 5.82 Å². The highest BCUT2D eigenvalue weighted by Gasteiger charge is 2.20. The van der Waals surface area contributed by atoms with Crippen LogP contribution in [0.1, 0.15) is 12.5 Å². The summed E-state index contributed by atoms with van der Waals surface area (Å²) >= 11 is 0. The first-order valence-corrected chi connectivity index (χ1v) is 10.2. The van der Waals surface area contributed by atoms with Crippen molar-refractivity contribution in [3.05, 3.63) is 59.8 Å². The van der Waals surface area contributed by atoms with Crippen molar-refractivity contribution in [1.29, 1.82) is 0 Å². The van der Waals surface area contributed by atoms with Crippen LogP contribution in [0, 0.1) is 11.6 Å². The Hall–Kier alpha value is -3.07. The van der Waals surface area contributed by atoms with E-state index in [0.29, 0.717) is 5.39 Å². The molecule has 29 heavy (non-hydrogen) atoms. The summed E-state index contributed by atoms with van der Waals surface area (Å²) < 4.78 is 62.7. The zero-order valence-corrected chi connectivity index (χ0v) is 16.4. The van der Waals surface area contributed by atoms with Gasteiger partial charge in [0.25, 0.3) is 0 Å². The van der Waals surface area contributed by atoms with Gasteiger partial charge in [-0.25, -0.2) is 22.2 Å². The van der Waals surface area contributed by atoms with E-state index >= 15 is 4.39 Å². The lowest BCUT2D eigenvalue weighted by atomic mass is 10.0. The van der Waals surface area contributed by atoms with E-state index in [0.717, 1.165) is 12.3 Å². The minimum absolute atomic E-state index is 0.00293. The molecule has 152 valence electrons. The summed E-state index contributed by atoms with van der Waals surface area (Å²) in [6, 6.07) is 7.72. The van der Waals surface area contributed by atoms with Gasteiger partial charge in [-0.1, -0.05) is 13.0 Å². The molecule has 0 atom stereocenters. The molecule has 0 amide bonds. The van der Waals surface area contributed by atoms with Crippen LogP contribution in [0.4, 0.5) is 8.78 Å². The third kappa shape index (κ3) is 4.34. The van der Waals surface area contributed by atoms with Crippen molar-refractivity contribution >= 4 is 26.6 Å². The summed E-state index contributed by atoms with van der Waals surface area (Å²) in [5.41, 5.74) is 0.0103. The third-order valence-electron chi connectivity index (χ3n) is 4.29. The average molecular weight is 421 g/mol. The molecule has 0 unspecified atom stereocenters. The quantitative estimate of drug-likeness (QED) is 0.563. The van der Waals surface area contributed by atoms with Crippen LogP contribution in [-0.2, 0) is 25.8 Å². The lowest BCUT2D eigenvalue weighted by molar-refractivity contribution is -0.139. The van der Waals surface area contributed by atoms with Crippen molar-refractivity contribution in [3.8, 4) is 11.6 Å². The van der Waals surface area contributed by atoms with Gasteiger partial charge >= 0.3 is 5.97 Å². The van der Waals surface area contributed by atoms with Gasteiger partial charge in [0.15, 0.2) is 21.4 Å². The first kappa shape index (κ1) is 20.7. The highest BCUT2D eigenvalue weighted by Crippen LogP contribution is 2.35. The minimum atomic E-state index is -3.45. The topological polar surface area (TPSA) is 82.6 Å². The molecule has 1 aromatic heterocycles. The fraction of sp³-hybridized carbons (Fsp3) is 0.200. The number of nitrogens with zero attached hydrogens (tertiary/aromatic N) is 1. The molecule has 0 fully saturated rings. The Morgan fingerprint density at radius 2 is 1.90 bits per heavy atom. The Labute approximate surface area is 166 Å². The molecule has 6 nitrogen and oxygen atoms in total. The number of pyridine rings is 1. The molecule has 0 aliphatic carbocycles. The van der Waals surface area contributed by atoms with E-state index in [1.165, 1.54) is 44.4 Å². The SMILES string of the molecule is CCS(=O)(=O)c1ccc(Oc2c(F)c(CC(=O)OC)cc3ccc(F)cc23)nc1. The van der Waals surface area contributed by atoms with E-state index in [-0.39, 0.29) is 39.6 Å². The summed E-state index contributed by atoms with van der Waals surface area (Å²) in [4.78, 5) is 15.5. The maximum atomic E-state index is 15.1. The van der Waals surface area contributed by atoms with Gasteiger partial charge in [-0.05, 0) is 29.7 Å². The maximum Gasteiger partial charge on any atom is 0.310 e. The second-order valence-corrected chi connectivity index (χ2v) is 8.41. The Morgan fingerprint density at radius 3 is 2.52 bits per heavy atom. The fourth-order valence-electron chi connectivity index (χ4n) is 2.70. The third-order valence-corrected chi connectivity index (χ3v) is 6.01. The molecule has 0 saturated heterocycles. The number of halogens is 2. The highest BCUT2D eigenvalue weighted by atomic mass is 32.2. The van der Waals surface area contributed by atoms with Gasteiger partial charge in [-0.2, -0.15) is 0 Å². The zero-order valence-electron chi connectivity index (χ0n) is 15.6. The molecule has 0 aliphatic heterocycles. The Bertz CT molecular complexity index is 1180. The van der Waals surface area contributed by atoms with Crippen molar-refractivity contribution < 1.29 is 31.5 Å². The first-order chi connectivity index (χ1) is 13.7. The van der Waals surface area contributed by atoms with Crippen LogP contribution in [0.15, 0.2) is 47.5 Å². The molecule has 0 aliphatic rings. The highest BCUT2D eigenvalue weighted by molar-refractivity contribution is 7.91. The molecule has 0 bridgehead atoms. The van der Waals surface area contributed by atoms with E-state index in [9.17, 15) is 17.6 Å². The van der Waals surface area contributed by atoms with Crippen molar-refractivity contribution in [2.45, 2.75) is 18.2 Å². The number of ether oxygens (including phenoxy) is 2. The number of benzene rings is 2. The van der Waals surface area contributed by atoms with E-state index in [4.69, 9.17) is 4.74 Å². The lowest BCUT2D eigenvalue weighted by Gasteiger charge is -2.13. The van der Waals surface area contributed by atoms with E-state index in [1.54, 1.807) is 0 Å². The number of hydrogen-bond donors (Lipinski definition) is 0. The van der Waals surface area contributed by atoms with Crippen molar-refractivity contribution in [2.24, 2.45) is 0 Å². The summed E-state index contributed by atoms with van der Waals surface area (Å²) in [6.45, 7) is 1.50. The Morgan fingerprint density at radius 1 is 1.14 bits per heavy atom. The molecule has 3 aromatic rings. The average Bonchev–Trinajstić information content (AvgIpc) is 2.71. The van der Waals surface area contributed by atoms with Crippen LogP contribution >= 0.6 is 0 Å². The number of aromatic nitrogens is 1. The van der Waals surface area contributed by atoms with Gasteiger partial charge in [0.2, 0.25) is 5.88 Å². The van der Waals surface area contributed by atoms with Crippen LogP contribution in [0.2, 0.25) is 0 Å². The van der Waals surface area contributed by atoms with Gasteiger partial charge in [-0.3, -0.25) is 4.79 Å². The first-order valence-electron chi connectivity index (χ1n) is 8.59. The molecule has 0 radical (unpaired) electrons. The molecular weight excluding hydrogens is 404 g/mol. The molecule has 0 N–H and O–H groups in total. The summed E-state index contributed by atoms with van der Waals surface area (Å²) in [6.07, 6.45) is 0.764. The predicted molar refractivity (Wildman–Crippen MR) is 102 cm³/mol. The van der Waals surface area contributed by atoms with Gasteiger partial charge < -0.3 is 9.47 Å². The minimum Gasteiger partial charge on any atom is -0.469 e. The fourth-order valence-corrected chi connectivity index (χ4v) is 3.53. The summed E-state index contributed by atoms with van der Waals surface area (Å²) in [7, 11) is -2.27. The number of sulfone groups is 1. The van der Waals surface area contributed by atoms with E-state index < -0.39 is 27.4 Å². The largest absolute Gasteiger partial charge is 0.469 e. The standard InChI is InChI=1S/C20H17F2NO5S/c1-3-29(25,26)15-6-7-17(23-11-15)28-20-16-10-14(21)5-4-12(16)8-13(19(20)22)9-18(24)27-2/h4-8,10-11H,3,9H2,1-2H3. The second kappa shape index (κ2) is 8.12. The number of rotatable bonds is 6.